The Balaban J connectivity index is 4.59. The molecule has 134 valence electrons. The molecule has 0 aromatic heterocycles. The van der Waals surface area contributed by atoms with Gasteiger partial charge in [-0.25, -0.2) is 0 Å². The van der Waals surface area contributed by atoms with Gasteiger partial charge in [-0.05, 0) is 20.8 Å². The third-order valence-electron chi connectivity index (χ3n) is 2.68. The summed E-state index contributed by atoms with van der Waals surface area (Å²) in [7, 11) is 1.51. The number of amides is 1. The topological polar surface area (TPSA) is 100 Å². The number of nitrogens with one attached hydrogen (secondary N) is 1. The molecular weight excluding hydrogens is 306 g/mol. The van der Waals surface area contributed by atoms with Crippen LogP contribution in [0.1, 0.15) is 20.8 Å². The lowest BCUT2D eigenvalue weighted by molar-refractivity contribution is -0.146. The molecule has 0 spiro atoms. The third kappa shape index (κ3) is 11.8. The summed E-state index contributed by atoms with van der Waals surface area (Å²) >= 11 is 0. The Bertz CT molecular complexity index is 373. The number of likely N-dealkylation sites (N-methyl/N-ethyl adjacent to an activating group) is 1. The summed E-state index contributed by atoms with van der Waals surface area (Å²) in [4.78, 5) is 33.2. The molecule has 8 nitrogen and oxygen atoms in total. The minimum absolute atomic E-state index is 0.0438. The monoisotopic (exact) mass is 333 g/mol. The number of ether oxygens (including phenoxy) is 4. The van der Waals surface area contributed by atoms with Crippen LogP contribution in [0.15, 0.2) is 0 Å². The van der Waals surface area contributed by atoms with Gasteiger partial charge in [0.05, 0.1) is 13.2 Å². The van der Waals surface area contributed by atoms with Crippen LogP contribution in [-0.2, 0) is 33.3 Å². The van der Waals surface area contributed by atoms with Crippen LogP contribution in [0.4, 0.5) is 0 Å². The van der Waals surface area contributed by atoms with E-state index in [2.05, 4.69) is 5.32 Å². The minimum Gasteiger partial charge on any atom is -0.373 e. The number of Topliss-reactive ketones (excluding diaryl/α,β-unsaturated/α-hetero) is 2. The molecule has 0 aliphatic rings. The molecule has 0 aromatic carbocycles. The first-order chi connectivity index (χ1) is 10.9. The molecule has 2 atom stereocenters. The zero-order chi connectivity index (χ0) is 17.7. The maximum atomic E-state index is 11.2. The lowest BCUT2D eigenvalue weighted by atomic mass is 10.2. The third-order valence-corrected chi connectivity index (χ3v) is 2.68. The summed E-state index contributed by atoms with van der Waals surface area (Å²) in [5.74, 6) is -0.503. The van der Waals surface area contributed by atoms with Gasteiger partial charge in [-0.15, -0.1) is 0 Å². The van der Waals surface area contributed by atoms with Crippen molar-refractivity contribution in [3.8, 4) is 0 Å². The number of carbonyl (C=O) groups is 3. The van der Waals surface area contributed by atoms with Crippen LogP contribution in [0.25, 0.3) is 0 Å². The first kappa shape index (κ1) is 21.6. The second-order valence-corrected chi connectivity index (χ2v) is 4.95. The van der Waals surface area contributed by atoms with Crippen LogP contribution in [0.3, 0.4) is 0 Å². The molecule has 0 aliphatic carbocycles. The number of ketones is 2. The van der Waals surface area contributed by atoms with Crippen LogP contribution < -0.4 is 5.32 Å². The SMILES string of the molecule is CCOC(COCC(=O)NC)C(COCC(C)=O)OCC(C)=O. The normalized spacial score (nSPS) is 13.4. The fourth-order valence-corrected chi connectivity index (χ4v) is 1.62. The average Bonchev–Trinajstić information content (AvgIpc) is 2.49. The van der Waals surface area contributed by atoms with E-state index >= 15 is 0 Å². The molecule has 0 saturated heterocycles. The second kappa shape index (κ2) is 13.1. The Kier molecular flexibility index (Phi) is 12.4. The minimum atomic E-state index is -0.581. The fourth-order valence-electron chi connectivity index (χ4n) is 1.62. The van der Waals surface area contributed by atoms with Crippen molar-refractivity contribution >= 4 is 17.5 Å². The number of hydrogen-bond acceptors (Lipinski definition) is 7. The summed E-state index contributed by atoms with van der Waals surface area (Å²) in [5, 5.41) is 2.44. The molecule has 0 bridgehead atoms. The van der Waals surface area contributed by atoms with Crippen LogP contribution in [0, 0.1) is 0 Å². The van der Waals surface area contributed by atoms with E-state index in [1.165, 1.54) is 20.9 Å². The fraction of sp³-hybridized carbons (Fsp3) is 0.800. The molecule has 8 heteroatoms. The van der Waals surface area contributed by atoms with Crippen molar-refractivity contribution in [3.63, 3.8) is 0 Å². The molecule has 0 fully saturated rings. The molecule has 23 heavy (non-hydrogen) atoms. The number of rotatable bonds is 14. The van der Waals surface area contributed by atoms with Gasteiger partial charge >= 0.3 is 0 Å². The predicted molar refractivity (Wildman–Crippen MR) is 82.2 cm³/mol. The lowest BCUT2D eigenvalue weighted by Crippen LogP contribution is -2.41. The Morgan fingerprint density at radius 3 is 1.87 bits per heavy atom. The highest BCUT2D eigenvalue weighted by Crippen LogP contribution is 2.07. The van der Waals surface area contributed by atoms with Crippen LogP contribution in [0.2, 0.25) is 0 Å². The molecule has 1 N–H and O–H groups in total. The highest BCUT2D eigenvalue weighted by Gasteiger charge is 2.24. The van der Waals surface area contributed by atoms with E-state index in [0.29, 0.717) is 6.61 Å². The van der Waals surface area contributed by atoms with Crippen LogP contribution in [0.5, 0.6) is 0 Å². The molecule has 0 radical (unpaired) electrons. The summed E-state index contributed by atoms with van der Waals surface area (Å²) in [6, 6.07) is 0. The lowest BCUT2D eigenvalue weighted by Gasteiger charge is -2.26. The van der Waals surface area contributed by atoms with Crippen molar-refractivity contribution in [3.05, 3.63) is 0 Å². The van der Waals surface area contributed by atoms with Crippen LogP contribution >= 0.6 is 0 Å². The highest BCUT2D eigenvalue weighted by molar-refractivity contribution is 5.77. The number of hydrogen-bond donors (Lipinski definition) is 1. The van der Waals surface area contributed by atoms with Crippen molar-refractivity contribution in [2.75, 3.05) is 46.7 Å². The second-order valence-electron chi connectivity index (χ2n) is 4.95. The molecule has 1 amide bonds. The van der Waals surface area contributed by atoms with E-state index in [4.69, 9.17) is 18.9 Å². The van der Waals surface area contributed by atoms with Crippen LogP contribution in [-0.4, -0.2) is 76.4 Å². The maximum absolute atomic E-state index is 11.2. The van der Waals surface area contributed by atoms with E-state index in [0.717, 1.165) is 0 Å². The van der Waals surface area contributed by atoms with Crippen molar-refractivity contribution in [2.24, 2.45) is 0 Å². The average molecular weight is 333 g/mol. The Morgan fingerprint density at radius 2 is 1.39 bits per heavy atom. The van der Waals surface area contributed by atoms with Gasteiger partial charge in [-0.1, -0.05) is 0 Å². The van der Waals surface area contributed by atoms with Gasteiger partial charge < -0.3 is 24.3 Å². The maximum Gasteiger partial charge on any atom is 0.245 e. The molecule has 0 aromatic rings. The van der Waals surface area contributed by atoms with E-state index in [1.54, 1.807) is 0 Å². The van der Waals surface area contributed by atoms with Gasteiger partial charge in [0.2, 0.25) is 5.91 Å². The molecular formula is C15H27NO7. The highest BCUT2D eigenvalue weighted by atomic mass is 16.6. The van der Waals surface area contributed by atoms with Gasteiger partial charge in [0.15, 0.2) is 11.6 Å². The quantitative estimate of drug-likeness (QED) is 0.467. The Labute approximate surface area is 136 Å². The summed E-state index contributed by atoms with van der Waals surface area (Å²) in [6.07, 6.45) is -1.10. The largest absolute Gasteiger partial charge is 0.373 e. The van der Waals surface area contributed by atoms with Crippen molar-refractivity contribution in [1.82, 2.24) is 5.32 Å². The smallest absolute Gasteiger partial charge is 0.245 e. The van der Waals surface area contributed by atoms with E-state index in [9.17, 15) is 14.4 Å². The summed E-state index contributed by atoms with van der Waals surface area (Å²) < 4.78 is 21.6. The zero-order valence-corrected chi connectivity index (χ0v) is 14.3. The number of carbonyl (C=O) groups excluding carboxylic acids is 3. The molecule has 0 saturated carbocycles. The van der Waals surface area contributed by atoms with Gasteiger partial charge in [0, 0.05) is 13.7 Å². The van der Waals surface area contributed by atoms with Crippen molar-refractivity contribution < 1.29 is 33.3 Å². The van der Waals surface area contributed by atoms with Gasteiger partial charge in [-0.2, -0.15) is 0 Å². The van der Waals surface area contributed by atoms with Gasteiger partial charge in [0.1, 0.15) is 32.0 Å². The summed E-state index contributed by atoms with van der Waals surface area (Å²) in [6.45, 7) is 4.99. The molecule has 0 aliphatic heterocycles. The Morgan fingerprint density at radius 1 is 0.870 bits per heavy atom. The molecule has 0 rings (SSSR count). The van der Waals surface area contributed by atoms with E-state index in [1.807, 2.05) is 6.92 Å². The van der Waals surface area contributed by atoms with Crippen molar-refractivity contribution in [2.45, 2.75) is 33.0 Å². The standard InChI is InChI=1S/C15H27NO7/c1-5-22-13(8-21-10-15(19)16-4)14(23-7-12(3)18)9-20-6-11(2)17/h13-14H,5-10H2,1-4H3,(H,16,19). The van der Waals surface area contributed by atoms with E-state index < -0.39 is 12.2 Å². The van der Waals surface area contributed by atoms with Gasteiger partial charge in [0.25, 0.3) is 0 Å². The van der Waals surface area contributed by atoms with E-state index in [-0.39, 0.29) is 50.5 Å². The summed E-state index contributed by atoms with van der Waals surface area (Å²) in [5.41, 5.74) is 0. The van der Waals surface area contributed by atoms with Crippen molar-refractivity contribution in [1.29, 1.82) is 0 Å². The Hall–Kier alpha value is -1.35. The first-order valence-electron chi connectivity index (χ1n) is 7.48. The predicted octanol–water partition coefficient (Wildman–Crippen LogP) is -0.266. The zero-order valence-electron chi connectivity index (χ0n) is 14.3. The first-order valence-corrected chi connectivity index (χ1v) is 7.48. The molecule has 2 unspecified atom stereocenters. The van der Waals surface area contributed by atoms with Gasteiger partial charge in [-0.3, -0.25) is 14.4 Å². The molecule has 0 heterocycles.